The van der Waals surface area contributed by atoms with Gasteiger partial charge in [0.2, 0.25) is 0 Å². The number of nitrogens with zero attached hydrogens (tertiary/aromatic N) is 1. The van der Waals surface area contributed by atoms with E-state index in [-0.39, 0.29) is 5.78 Å². The van der Waals surface area contributed by atoms with Gasteiger partial charge in [0, 0.05) is 11.6 Å². The monoisotopic (exact) mass is 233 g/mol. The minimum absolute atomic E-state index is 0.208. The maximum atomic E-state index is 12.1. The van der Waals surface area contributed by atoms with E-state index in [9.17, 15) is 4.79 Å². The largest absolute Gasteiger partial charge is 0.296 e. The number of hydrogen-bond acceptors (Lipinski definition) is 2. The second-order valence-electron chi connectivity index (χ2n) is 4.67. The van der Waals surface area contributed by atoms with Crippen LogP contribution in [0.25, 0.3) is 0 Å². The Morgan fingerprint density at radius 2 is 1.71 bits per heavy atom. The SMILES string of the molecule is CCC(CC)N(C)CC(=O)c1ccc(C)cc1. The Labute approximate surface area is 105 Å². The minimum Gasteiger partial charge on any atom is -0.296 e. The number of Topliss-reactive ketones (excluding diaryl/α,β-unsaturated/α-hetero) is 1. The van der Waals surface area contributed by atoms with Gasteiger partial charge < -0.3 is 0 Å². The highest BCUT2D eigenvalue weighted by atomic mass is 16.1. The first-order valence-corrected chi connectivity index (χ1v) is 6.38. The van der Waals surface area contributed by atoms with E-state index in [0.717, 1.165) is 18.4 Å². The van der Waals surface area contributed by atoms with Crippen LogP contribution >= 0.6 is 0 Å². The predicted octanol–water partition coefficient (Wildman–Crippen LogP) is 3.30. The number of carbonyl (C=O) groups excluding carboxylic acids is 1. The number of likely N-dealkylation sites (N-methyl/N-ethyl adjacent to an activating group) is 1. The molecule has 1 aromatic rings. The van der Waals surface area contributed by atoms with Gasteiger partial charge in [-0.15, -0.1) is 0 Å². The van der Waals surface area contributed by atoms with Crippen LogP contribution in [0.5, 0.6) is 0 Å². The summed E-state index contributed by atoms with van der Waals surface area (Å²) in [6.45, 7) is 6.88. The van der Waals surface area contributed by atoms with Crippen molar-refractivity contribution in [1.82, 2.24) is 4.90 Å². The molecule has 1 rings (SSSR count). The molecule has 0 aromatic heterocycles. The molecule has 0 unspecified atom stereocenters. The van der Waals surface area contributed by atoms with Gasteiger partial charge in [-0.2, -0.15) is 0 Å². The van der Waals surface area contributed by atoms with E-state index < -0.39 is 0 Å². The standard InChI is InChI=1S/C15H23NO/c1-5-14(6-2)16(4)11-15(17)13-9-7-12(3)8-10-13/h7-10,14H,5-6,11H2,1-4H3. The van der Waals surface area contributed by atoms with Gasteiger partial charge in [-0.25, -0.2) is 0 Å². The molecular weight excluding hydrogens is 210 g/mol. The molecule has 2 heteroatoms. The van der Waals surface area contributed by atoms with E-state index in [4.69, 9.17) is 0 Å². The minimum atomic E-state index is 0.208. The Bertz CT molecular complexity index is 352. The molecule has 0 fully saturated rings. The highest BCUT2D eigenvalue weighted by Crippen LogP contribution is 2.09. The molecule has 0 radical (unpaired) electrons. The van der Waals surface area contributed by atoms with Crippen molar-refractivity contribution in [3.8, 4) is 0 Å². The van der Waals surface area contributed by atoms with Crippen molar-refractivity contribution in [2.45, 2.75) is 39.7 Å². The molecule has 0 bridgehead atoms. The molecule has 0 heterocycles. The van der Waals surface area contributed by atoms with Crippen LogP contribution in [0.3, 0.4) is 0 Å². The van der Waals surface area contributed by atoms with Crippen molar-refractivity contribution >= 4 is 5.78 Å². The third-order valence-electron chi connectivity index (χ3n) is 3.33. The van der Waals surface area contributed by atoms with Gasteiger partial charge in [-0.05, 0) is 26.8 Å². The highest BCUT2D eigenvalue weighted by Gasteiger charge is 2.14. The molecule has 0 aliphatic carbocycles. The van der Waals surface area contributed by atoms with Crippen LogP contribution in [0.15, 0.2) is 24.3 Å². The number of hydrogen-bond donors (Lipinski definition) is 0. The van der Waals surface area contributed by atoms with Crippen molar-refractivity contribution < 1.29 is 4.79 Å². The lowest BCUT2D eigenvalue weighted by Gasteiger charge is -2.25. The number of aryl methyl sites for hydroxylation is 1. The molecule has 1 aromatic carbocycles. The molecule has 94 valence electrons. The molecule has 0 atom stereocenters. The molecule has 0 N–H and O–H groups in total. The molecule has 0 spiro atoms. The second kappa shape index (κ2) is 6.55. The number of carbonyl (C=O) groups is 1. The predicted molar refractivity (Wildman–Crippen MR) is 72.5 cm³/mol. The zero-order chi connectivity index (χ0) is 12.8. The van der Waals surface area contributed by atoms with Crippen LogP contribution in [-0.2, 0) is 0 Å². The summed E-state index contributed by atoms with van der Waals surface area (Å²) in [4.78, 5) is 14.2. The fourth-order valence-electron chi connectivity index (χ4n) is 2.10. The zero-order valence-electron chi connectivity index (χ0n) is 11.4. The topological polar surface area (TPSA) is 20.3 Å². The third-order valence-corrected chi connectivity index (χ3v) is 3.33. The van der Waals surface area contributed by atoms with Gasteiger partial charge in [-0.3, -0.25) is 9.69 Å². The molecule has 0 aliphatic rings. The lowest BCUT2D eigenvalue weighted by Crippen LogP contribution is -2.35. The van der Waals surface area contributed by atoms with Crippen LogP contribution in [0.4, 0.5) is 0 Å². The van der Waals surface area contributed by atoms with Crippen molar-refractivity contribution in [2.24, 2.45) is 0 Å². The summed E-state index contributed by atoms with van der Waals surface area (Å²) in [6.07, 6.45) is 2.18. The van der Waals surface area contributed by atoms with E-state index in [0.29, 0.717) is 12.6 Å². The van der Waals surface area contributed by atoms with Gasteiger partial charge in [-0.1, -0.05) is 43.7 Å². The number of rotatable bonds is 6. The maximum Gasteiger partial charge on any atom is 0.176 e. The fourth-order valence-corrected chi connectivity index (χ4v) is 2.10. The van der Waals surface area contributed by atoms with Gasteiger partial charge in [0.1, 0.15) is 0 Å². The average Bonchev–Trinajstić information content (AvgIpc) is 2.31. The summed E-state index contributed by atoms with van der Waals surface area (Å²) in [5, 5.41) is 0. The first kappa shape index (κ1) is 13.9. The van der Waals surface area contributed by atoms with Gasteiger partial charge in [0.05, 0.1) is 6.54 Å². The Morgan fingerprint density at radius 1 is 1.18 bits per heavy atom. The summed E-state index contributed by atoms with van der Waals surface area (Å²) < 4.78 is 0. The smallest absolute Gasteiger partial charge is 0.176 e. The molecular formula is C15H23NO. The van der Waals surface area contributed by atoms with Gasteiger partial charge in [0.15, 0.2) is 5.78 Å². The second-order valence-corrected chi connectivity index (χ2v) is 4.67. The van der Waals surface area contributed by atoms with Crippen molar-refractivity contribution in [3.05, 3.63) is 35.4 Å². The maximum absolute atomic E-state index is 12.1. The lowest BCUT2D eigenvalue weighted by molar-refractivity contribution is 0.0915. The summed E-state index contributed by atoms with van der Waals surface area (Å²) in [5.41, 5.74) is 2.00. The van der Waals surface area contributed by atoms with E-state index in [1.54, 1.807) is 0 Å². The lowest BCUT2D eigenvalue weighted by atomic mass is 10.1. The number of ketones is 1. The van der Waals surface area contributed by atoms with Crippen LogP contribution in [-0.4, -0.2) is 30.3 Å². The first-order valence-electron chi connectivity index (χ1n) is 6.38. The molecule has 0 saturated heterocycles. The van der Waals surface area contributed by atoms with Crippen LogP contribution in [0.2, 0.25) is 0 Å². The summed E-state index contributed by atoms with van der Waals surface area (Å²) in [5.74, 6) is 0.208. The van der Waals surface area contributed by atoms with E-state index in [1.807, 2.05) is 38.2 Å². The highest BCUT2D eigenvalue weighted by molar-refractivity contribution is 5.97. The molecule has 2 nitrogen and oxygen atoms in total. The average molecular weight is 233 g/mol. The molecule has 0 amide bonds. The summed E-state index contributed by atoms with van der Waals surface area (Å²) in [6, 6.07) is 8.32. The third kappa shape index (κ3) is 3.97. The van der Waals surface area contributed by atoms with Gasteiger partial charge >= 0.3 is 0 Å². The molecule has 0 saturated carbocycles. The normalized spacial score (nSPS) is 11.2. The Hall–Kier alpha value is -1.15. The number of benzene rings is 1. The Kier molecular flexibility index (Phi) is 5.36. The van der Waals surface area contributed by atoms with E-state index in [2.05, 4.69) is 18.7 Å². The summed E-state index contributed by atoms with van der Waals surface area (Å²) in [7, 11) is 2.03. The zero-order valence-corrected chi connectivity index (χ0v) is 11.4. The van der Waals surface area contributed by atoms with Crippen LogP contribution in [0.1, 0.15) is 42.6 Å². The Morgan fingerprint density at radius 3 is 2.18 bits per heavy atom. The fraction of sp³-hybridized carbons (Fsp3) is 0.533. The van der Waals surface area contributed by atoms with E-state index in [1.165, 1.54) is 5.56 Å². The van der Waals surface area contributed by atoms with Crippen molar-refractivity contribution in [2.75, 3.05) is 13.6 Å². The molecule has 0 aliphatic heterocycles. The summed E-state index contributed by atoms with van der Waals surface area (Å²) >= 11 is 0. The van der Waals surface area contributed by atoms with Crippen LogP contribution in [0, 0.1) is 6.92 Å². The van der Waals surface area contributed by atoms with E-state index >= 15 is 0 Å². The van der Waals surface area contributed by atoms with Crippen LogP contribution < -0.4 is 0 Å². The Balaban J connectivity index is 2.62. The molecule has 17 heavy (non-hydrogen) atoms. The van der Waals surface area contributed by atoms with Gasteiger partial charge in [0.25, 0.3) is 0 Å². The quantitative estimate of drug-likeness (QED) is 0.703. The first-order chi connectivity index (χ1) is 8.08. The van der Waals surface area contributed by atoms with Crippen molar-refractivity contribution in [1.29, 1.82) is 0 Å². The van der Waals surface area contributed by atoms with Crippen molar-refractivity contribution in [3.63, 3.8) is 0 Å².